The maximum Gasteiger partial charge on any atom is 0.269 e. The van der Waals surface area contributed by atoms with Gasteiger partial charge in [-0.15, -0.1) is 0 Å². The molecule has 0 fully saturated rings. The number of hydrogen-bond acceptors (Lipinski definition) is 5. The van der Waals surface area contributed by atoms with E-state index in [2.05, 4.69) is 20.7 Å². The van der Waals surface area contributed by atoms with Crippen LogP contribution in [0.1, 0.15) is 6.92 Å². The number of hydrogen-bond donors (Lipinski definition) is 2. The number of nitrogens with one attached hydrogen (secondary N) is 2. The van der Waals surface area contributed by atoms with Gasteiger partial charge in [0.25, 0.3) is 5.91 Å². The van der Waals surface area contributed by atoms with Gasteiger partial charge in [0.15, 0.2) is 11.5 Å². The third kappa shape index (κ3) is 2.46. The average molecular weight is 310 g/mol. The zero-order valence-electron chi connectivity index (χ0n) is 12.3. The van der Waals surface area contributed by atoms with E-state index < -0.39 is 6.10 Å². The second kappa shape index (κ2) is 5.28. The van der Waals surface area contributed by atoms with Crippen LogP contribution in [0, 0.1) is 0 Å². The Kier molecular flexibility index (Phi) is 3.11. The summed E-state index contributed by atoms with van der Waals surface area (Å²) in [4.78, 5) is 12.5. The molecule has 0 bridgehead atoms. The fourth-order valence-corrected chi connectivity index (χ4v) is 2.54. The normalized spacial score (nSPS) is 19.5. The number of ether oxygens (including phenoxy) is 2. The van der Waals surface area contributed by atoms with Crippen molar-refractivity contribution in [2.45, 2.75) is 19.1 Å². The maximum atomic E-state index is 12.5. The molecular formula is C16H14N4O3. The highest BCUT2D eigenvalue weighted by Crippen LogP contribution is 2.33. The van der Waals surface area contributed by atoms with Gasteiger partial charge in [0, 0.05) is 5.69 Å². The number of rotatable bonds is 2. The SMILES string of the molecule is C[C@H]1Oc2ccccc2O[C@H]1C(=O)Nc1ccc2n[nH]nc2c1. The van der Waals surface area contributed by atoms with E-state index in [1.165, 1.54) is 0 Å². The zero-order chi connectivity index (χ0) is 15.8. The number of H-pyrrole nitrogens is 1. The Morgan fingerprint density at radius 2 is 1.83 bits per heavy atom. The smallest absolute Gasteiger partial charge is 0.269 e. The van der Waals surface area contributed by atoms with Gasteiger partial charge in [-0.25, -0.2) is 0 Å². The molecule has 7 nitrogen and oxygen atoms in total. The Morgan fingerprint density at radius 3 is 2.65 bits per heavy atom. The summed E-state index contributed by atoms with van der Waals surface area (Å²) in [5.41, 5.74) is 2.05. The number of carbonyl (C=O) groups is 1. The van der Waals surface area contributed by atoms with Crippen LogP contribution >= 0.6 is 0 Å². The van der Waals surface area contributed by atoms with Crippen molar-refractivity contribution in [3.63, 3.8) is 0 Å². The third-order valence-corrected chi connectivity index (χ3v) is 3.68. The van der Waals surface area contributed by atoms with E-state index in [0.717, 1.165) is 5.52 Å². The number of nitrogens with zero attached hydrogens (tertiary/aromatic N) is 2. The van der Waals surface area contributed by atoms with Crippen molar-refractivity contribution in [3.05, 3.63) is 42.5 Å². The lowest BCUT2D eigenvalue weighted by Gasteiger charge is -2.30. The minimum Gasteiger partial charge on any atom is -0.482 e. The highest BCUT2D eigenvalue weighted by Gasteiger charge is 2.34. The molecule has 116 valence electrons. The lowest BCUT2D eigenvalue weighted by Crippen LogP contribution is -2.46. The predicted molar refractivity (Wildman–Crippen MR) is 83.5 cm³/mol. The van der Waals surface area contributed by atoms with E-state index >= 15 is 0 Å². The van der Waals surface area contributed by atoms with Gasteiger partial charge in [-0.1, -0.05) is 12.1 Å². The molecule has 2 heterocycles. The molecular weight excluding hydrogens is 296 g/mol. The van der Waals surface area contributed by atoms with E-state index in [0.29, 0.717) is 22.7 Å². The van der Waals surface area contributed by atoms with E-state index in [4.69, 9.17) is 9.47 Å². The number of anilines is 1. The van der Waals surface area contributed by atoms with Gasteiger partial charge < -0.3 is 14.8 Å². The van der Waals surface area contributed by atoms with Crippen molar-refractivity contribution in [2.24, 2.45) is 0 Å². The number of amides is 1. The number of aromatic nitrogens is 3. The Labute approximate surface area is 131 Å². The molecule has 1 aliphatic rings. The van der Waals surface area contributed by atoms with Crippen LogP contribution in [-0.4, -0.2) is 33.5 Å². The van der Waals surface area contributed by atoms with Crippen molar-refractivity contribution < 1.29 is 14.3 Å². The molecule has 0 aliphatic carbocycles. The van der Waals surface area contributed by atoms with Crippen LogP contribution in [0.5, 0.6) is 11.5 Å². The first-order chi connectivity index (χ1) is 11.2. The van der Waals surface area contributed by atoms with Crippen molar-refractivity contribution in [3.8, 4) is 11.5 Å². The molecule has 1 aromatic heterocycles. The molecule has 0 saturated carbocycles. The first kappa shape index (κ1) is 13.6. The summed E-state index contributed by atoms with van der Waals surface area (Å²) in [6.45, 7) is 1.81. The summed E-state index contributed by atoms with van der Waals surface area (Å²) in [6, 6.07) is 12.6. The lowest BCUT2D eigenvalue weighted by molar-refractivity contribution is -0.128. The van der Waals surface area contributed by atoms with Crippen LogP contribution in [0.3, 0.4) is 0 Å². The van der Waals surface area contributed by atoms with E-state index in [-0.39, 0.29) is 12.0 Å². The molecule has 0 saturated heterocycles. The van der Waals surface area contributed by atoms with Crippen LogP contribution < -0.4 is 14.8 Å². The molecule has 23 heavy (non-hydrogen) atoms. The Hall–Kier alpha value is -3.09. The van der Waals surface area contributed by atoms with Crippen LogP contribution in [0.2, 0.25) is 0 Å². The predicted octanol–water partition coefficient (Wildman–Crippen LogP) is 2.12. The summed E-state index contributed by atoms with van der Waals surface area (Å²) < 4.78 is 11.5. The van der Waals surface area contributed by atoms with Crippen molar-refractivity contribution in [1.29, 1.82) is 0 Å². The molecule has 0 radical (unpaired) electrons. The summed E-state index contributed by atoms with van der Waals surface area (Å²) in [5, 5.41) is 13.3. The fraction of sp³-hybridized carbons (Fsp3) is 0.188. The molecule has 3 aromatic rings. The number of aromatic amines is 1. The summed E-state index contributed by atoms with van der Waals surface area (Å²) >= 11 is 0. The van der Waals surface area contributed by atoms with Gasteiger partial charge in [0.05, 0.1) is 0 Å². The fourth-order valence-electron chi connectivity index (χ4n) is 2.54. The first-order valence-corrected chi connectivity index (χ1v) is 7.24. The van der Waals surface area contributed by atoms with Gasteiger partial charge >= 0.3 is 0 Å². The second-order valence-corrected chi connectivity index (χ2v) is 5.32. The lowest BCUT2D eigenvalue weighted by atomic mass is 10.1. The average Bonchev–Trinajstić information content (AvgIpc) is 3.01. The highest BCUT2D eigenvalue weighted by molar-refractivity contribution is 5.96. The van der Waals surface area contributed by atoms with Gasteiger partial charge in [-0.05, 0) is 37.3 Å². The maximum absolute atomic E-state index is 12.5. The van der Waals surface area contributed by atoms with E-state index in [9.17, 15) is 4.79 Å². The minimum absolute atomic E-state index is 0.269. The van der Waals surface area contributed by atoms with Crippen LogP contribution in [0.15, 0.2) is 42.5 Å². The number of benzene rings is 2. The molecule has 2 N–H and O–H groups in total. The topological polar surface area (TPSA) is 89.1 Å². The molecule has 2 atom stereocenters. The first-order valence-electron chi connectivity index (χ1n) is 7.24. The Bertz CT molecular complexity index is 876. The molecule has 0 unspecified atom stereocenters. The largest absolute Gasteiger partial charge is 0.482 e. The van der Waals surface area contributed by atoms with E-state index in [1.807, 2.05) is 18.2 Å². The van der Waals surface area contributed by atoms with Crippen LogP contribution in [-0.2, 0) is 4.79 Å². The standard InChI is InChI=1S/C16H14N4O3/c1-9-15(23-14-5-3-2-4-13(14)22-9)16(21)17-10-6-7-11-12(8-10)19-20-18-11/h2-9,15H,1H3,(H,17,21)(H,18,19,20)/t9-,15-/m1/s1. The Balaban J connectivity index is 1.54. The highest BCUT2D eigenvalue weighted by atomic mass is 16.6. The third-order valence-electron chi connectivity index (χ3n) is 3.68. The van der Waals surface area contributed by atoms with Gasteiger partial charge in [0.2, 0.25) is 6.10 Å². The quantitative estimate of drug-likeness (QED) is 0.757. The zero-order valence-corrected chi connectivity index (χ0v) is 12.3. The summed E-state index contributed by atoms with van der Waals surface area (Å²) in [7, 11) is 0. The van der Waals surface area contributed by atoms with Gasteiger partial charge in [0.1, 0.15) is 17.1 Å². The number of carbonyl (C=O) groups excluding carboxylic acids is 1. The summed E-state index contributed by atoms with van der Waals surface area (Å²) in [5.74, 6) is 0.945. The number of fused-ring (bicyclic) bond motifs is 2. The number of para-hydroxylation sites is 2. The minimum atomic E-state index is -0.724. The second-order valence-electron chi connectivity index (χ2n) is 5.32. The van der Waals surface area contributed by atoms with Crippen LogP contribution in [0.25, 0.3) is 11.0 Å². The molecule has 4 rings (SSSR count). The molecule has 7 heteroatoms. The summed E-state index contributed by atoms with van der Waals surface area (Å²) in [6.07, 6.45) is -1.11. The molecule has 1 amide bonds. The van der Waals surface area contributed by atoms with Crippen molar-refractivity contribution in [1.82, 2.24) is 15.4 Å². The van der Waals surface area contributed by atoms with Gasteiger partial charge in [-0.3, -0.25) is 4.79 Å². The molecule has 0 spiro atoms. The monoisotopic (exact) mass is 310 g/mol. The van der Waals surface area contributed by atoms with Gasteiger partial charge in [-0.2, -0.15) is 15.4 Å². The van der Waals surface area contributed by atoms with E-state index in [1.54, 1.807) is 31.2 Å². The Morgan fingerprint density at radius 1 is 1.09 bits per heavy atom. The van der Waals surface area contributed by atoms with Crippen molar-refractivity contribution >= 4 is 22.6 Å². The molecule has 2 aromatic carbocycles. The van der Waals surface area contributed by atoms with Crippen molar-refractivity contribution in [2.75, 3.05) is 5.32 Å². The van der Waals surface area contributed by atoms with Crippen LogP contribution in [0.4, 0.5) is 5.69 Å². The molecule has 1 aliphatic heterocycles.